The Kier molecular flexibility index (Phi) is 8.05. The van der Waals surface area contributed by atoms with Gasteiger partial charge in [-0.3, -0.25) is 9.39 Å². The Morgan fingerprint density at radius 2 is 2.25 bits per heavy atom. The molecule has 3 rings (SSSR count). The fraction of sp³-hybridized carbons (Fsp3) is 0.650. The van der Waals surface area contributed by atoms with Gasteiger partial charge >= 0.3 is 0 Å². The Bertz CT molecular complexity index is 747. The fourth-order valence-electron chi connectivity index (χ4n) is 3.46. The number of likely N-dealkylation sites (tertiary alicyclic amines) is 1. The van der Waals surface area contributed by atoms with Crippen molar-refractivity contribution in [3.63, 3.8) is 0 Å². The summed E-state index contributed by atoms with van der Waals surface area (Å²) in [4.78, 5) is 7.18. The Morgan fingerprint density at radius 1 is 1.32 bits per heavy atom. The molecule has 1 fully saturated rings. The largest absolute Gasteiger partial charge is 0.382 e. The van der Waals surface area contributed by atoms with E-state index in [0.29, 0.717) is 19.1 Å². The third-order valence-corrected chi connectivity index (χ3v) is 4.91. The Balaban J connectivity index is 1.46. The van der Waals surface area contributed by atoms with Gasteiger partial charge < -0.3 is 19.7 Å². The molecule has 0 bridgehead atoms. The molecular formula is C20H32N6O2. The van der Waals surface area contributed by atoms with E-state index in [1.807, 2.05) is 28.8 Å². The van der Waals surface area contributed by atoms with Crippen molar-refractivity contribution >= 4 is 11.6 Å². The van der Waals surface area contributed by atoms with Crippen molar-refractivity contribution in [2.75, 3.05) is 53.1 Å². The lowest BCUT2D eigenvalue weighted by Crippen LogP contribution is -2.40. The number of aryl methyl sites for hydroxylation is 1. The first-order valence-corrected chi connectivity index (χ1v) is 10.2. The van der Waals surface area contributed by atoms with Crippen LogP contribution in [0.4, 0.5) is 0 Å². The van der Waals surface area contributed by atoms with Crippen LogP contribution in [0.5, 0.6) is 0 Å². The van der Waals surface area contributed by atoms with E-state index in [9.17, 15) is 0 Å². The number of nitrogens with one attached hydrogen (secondary N) is 1. The van der Waals surface area contributed by atoms with Crippen molar-refractivity contribution in [2.45, 2.75) is 26.2 Å². The van der Waals surface area contributed by atoms with Gasteiger partial charge in [-0.1, -0.05) is 6.07 Å². The van der Waals surface area contributed by atoms with Crippen LogP contribution in [0.1, 0.15) is 25.6 Å². The first kappa shape index (κ1) is 20.5. The molecule has 8 heteroatoms. The number of nitrogens with zero attached hydrogens (tertiary/aromatic N) is 5. The van der Waals surface area contributed by atoms with E-state index >= 15 is 0 Å². The maximum atomic E-state index is 5.69. The molecule has 1 aliphatic heterocycles. The normalized spacial score (nSPS) is 17.6. The number of ether oxygens (including phenoxy) is 2. The van der Waals surface area contributed by atoms with Gasteiger partial charge in [-0.05, 0) is 31.9 Å². The lowest BCUT2D eigenvalue weighted by molar-refractivity contribution is 0.0536. The summed E-state index contributed by atoms with van der Waals surface area (Å²) in [6.07, 6.45) is 4.96. The van der Waals surface area contributed by atoms with Crippen molar-refractivity contribution in [1.29, 1.82) is 0 Å². The van der Waals surface area contributed by atoms with Crippen molar-refractivity contribution < 1.29 is 9.47 Å². The van der Waals surface area contributed by atoms with E-state index in [-0.39, 0.29) is 0 Å². The van der Waals surface area contributed by atoms with Gasteiger partial charge in [0.1, 0.15) is 5.82 Å². The molecule has 0 saturated carbocycles. The van der Waals surface area contributed by atoms with Gasteiger partial charge in [0, 0.05) is 51.8 Å². The first-order valence-electron chi connectivity index (χ1n) is 10.2. The molecule has 0 radical (unpaired) electrons. The summed E-state index contributed by atoms with van der Waals surface area (Å²) in [5.41, 5.74) is 0.894. The second-order valence-electron chi connectivity index (χ2n) is 7.05. The predicted octanol–water partition coefficient (Wildman–Crippen LogP) is 1.61. The average molecular weight is 389 g/mol. The zero-order valence-electron chi connectivity index (χ0n) is 17.0. The highest BCUT2D eigenvalue weighted by molar-refractivity contribution is 5.80. The van der Waals surface area contributed by atoms with E-state index in [4.69, 9.17) is 14.5 Å². The van der Waals surface area contributed by atoms with Crippen molar-refractivity contribution in [3.05, 3.63) is 30.2 Å². The summed E-state index contributed by atoms with van der Waals surface area (Å²) < 4.78 is 12.8. The number of hydrogen-bond donors (Lipinski definition) is 1. The summed E-state index contributed by atoms with van der Waals surface area (Å²) in [5, 5.41) is 11.9. The van der Waals surface area contributed by atoms with Crippen molar-refractivity contribution in [2.24, 2.45) is 10.9 Å². The second-order valence-corrected chi connectivity index (χ2v) is 7.05. The molecule has 28 heavy (non-hydrogen) atoms. The van der Waals surface area contributed by atoms with Gasteiger partial charge in [-0.2, -0.15) is 0 Å². The number of aliphatic imine (C=N–C) groups is 1. The molecule has 1 saturated heterocycles. The molecule has 2 aromatic heterocycles. The summed E-state index contributed by atoms with van der Waals surface area (Å²) in [5.74, 6) is 2.56. The van der Waals surface area contributed by atoms with Crippen LogP contribution in [0.15, 0.2) is 29.4 Å². The molecule has 0 amide bonds. The standard InChI is InChI=1S/C20H32N6O2/c1-3-21-20(25-12-9-17(15-25)16-28-14-13-27-2)22-10-6-8-19-24-23-18-7-4-5-11-26(18)19/h4-5,7,11,17H,3,6,8-10,12-16H2,1-2H3,(H,21,22). The van der Waals surface area contributed by atoms with Crippen molar-refractivity contribution in [3.8, 4) is 0 Å². The molecule has 2 aromatic rings. The molecule has 0 aromatic carbocycles. The molecule has 1 atom stereocenters. The Morgan fingerprint density at radius 3 is 3.11 bits per heavy atom. The fourth-order valence-corrected chi connectivity index (χ4v) is 3.46. The Hall–Kier alpha value is -2.19. The SMILES string of the molecule is CCNC(=NCCCc1nnc2ccccn12)N1CCC(COCCOC)C1. The van der Waals surface area contributed by atoms with Crippen LogP contribution >= 0.6 is 0 Å². The monoisotopic (exact) mass is 388 g/mol. The molecular weight excluding hydrogens is 356 g/mol. The van der Waals surface area contributed by atoms with E-state index in [0.717, 1.165) is 69.5 Å². The minimum atomic E-state index is 0.558. The maximum Gasteiger partial charge on any atom is 0.193 e. The van der Waals surface area contributed by atoms with E-state index < -0.39 is 0 Å². The molecule has 8 nitrogen and oxygen atoms in total. The van der Waals surface area contributed by atoms with Gasteiger partial charge in [-0.25, -0.2) is 0 Å². The number of guanidine groups is 1. The zero-order chi connectivity index (χ0) is 19.6. The summed E-state index contributed by atoms with van der Waals surface area (Å²) in [7, 11) is 1.70. The summed E-state index contributed by atoms with van der Waals surface area (Å²) in [6.45, 7) is 7.89. The van der Waals surface area contributed by atoms with Crippen LogP contribution in [0, 0.1) is 5.92 Å². The maximum absolute atomic E-state index is 5.69. The Labute approximate surface area is 166 Å². The average Bonchev–Trinajstić information content (AvgIpc) is 3.35. The molecule has 0 spiro atoms. The molecule has 3 heterocycles. The molecule has 154 valence electrons. The number of methoxy groups -OCH3 is 1. The van der Waals surface area contributed by atoms with Gasteiger partial charge in [0.25, 0.3) is 0 Å². The smallest absolute Gasteiger partial charge is 0.193 e. The lowest BCUT2D eigenvalue weighted by Gasteiger charge is -2.21. The van der Waals surface area contributed by atoms with Crippen LogP contribution in [0.3, 0.4) is 0 Å². The lowest BCUT2D eigenvalue weighted by atomic mass is 10.1. The number of rotatable bonds is 10. The third-order valence-electron chi connectivity index (χ3n) is 4.91. The number of aromatic nitrogens is 3. The van der Waals surface area contributed by atoms with Crippen molar-refractivity contribution in [1.82, 2.24) is 24.8 Å². The third kappa shape index (κ3) is 5.65. The van der Waals surface area contributed by atoms with Crippen LogP contribution in [-0.2, 0) is 15.9 Å². The molecule has 1 N–H and O–H groups in total. The second kappa shape index (κ2) is 11.0. The minimum absolute atomic E-state index is 0.558. The predicted molar refractivity (Wildman–Crippen MR) is 110 cm³/mol. The first-order chi connectivity index (χ1) is 13.8. The van der Waals surface area contributed by atoms with Crippen LogP contribution in [0.2, 0.25) is 0 Å². The van der Waals surface area contributed by atoms with Gasteiger partial charge in [0.15, 0.2) is 11.6 Å². The van der Waals surface area contributed by atoms with Gasteiger partial charge in [-0.15, -0.1) is 10.2 Å². The molecule has 1 unspecified atom stereocenters. The van der Waals surface area contributed by atoms with Crippen LogP contribution in [0.25, 0.3) is 5.65 Å². The highest BCUT2D eigenvalue weighted by Gasteiger charge is 2.24. The quantitative estimate of drug-likeness (QED) is 0.379. The number of pyridine rings is 1. The van der Waals surface area contributed by atoms with E-state index in [1.165, 1.54) is 0 Å². The number of hydrogen-bond acceptors (Lipinski definition) is 5. The van der Waals surface area contributed by atoms with Gasteiger partial charge in [0.05, 0.1) is 19.8 Å². The highest BCUT2D eigenvalue weighted by Crippen LogP contribution is 2.16. The minimum Gasteiger partial charge on any atom is -0.382 e. The van der Waals surface area contributed by atoms with Gasteiger partial charge in [0.2, 0.25) is 0 Å². The van der Waals surface area contributed by atoms with E-state index in [2.05, 4.69) is 27.3 Å². The van der Waals surface area contributed by atoms with E-state index in [1.54, 1.807) is 7.11 Å². The molecule has 1 aliphatic rings. The number of fused-ring (bicyclic) bond motifs is 1. The summed E-state index contributed by atoms with van der Waals surface area (Å²) >= 11 is 0. The van der Waals surface area contributed by atoms with Crippen LogP contribution in [-0.4, -0.2) is 78.6 Å². The van der Waals surface area contributed by atoms with Crippen LogP contribution < -0.4 is 5.32 Å². The topological polar surface area (TPSA) is 76.3 Å². The zero-order valence-corrected chi connectivity index (χ0v) is 17.0. The summed E-state index contributed by atoms with van der Waals surface area (Å²) in [6, 6.07) is 5.96. The molecule has 0 aliphatic carbocycles. The highest BCUT2D eigenvalue weighted by atomic mass is 16.5.